The Hall–Kier alpha value is -3.60. The second-order valence-electron chi connectivity index (χ2n) is 11.2. The van der Waals surface area contributed by atoms with E-state index in [1.165, 1.54) is 0 Å². The number of nitriles is 1. The number of esters is 1. The molecule has 1 amide bonds. The van der Waals surface area contributed by atoms with Crippen molar-refractivity contribution in [3.05, 3.63) is 70.8 Å². The minimum absolute atomic E-state index is 0.0153. The van der Waals surface area contributed by atoms with Crippen molar-refractivity contribution in [3.63, 3.8) is 0 Å². The minimum atomic E-state index is -3.89. The largest absolute Gasteiger partial charge is 0.458 e. The van der Waals surface area contributed by atoms with Gasteiger partial charge in [-0.25, -0.2) is 26.8 Å². The van der Waals surface area contributed by atoms with E-state index in [-0.39, 0.29) is 31.6 Å². The van der Waals surface area contributed by atoms with Crippen LogP contribution in [0.25, 0.3) is 0 Å². The van der Waals surface area contributed by atoms with Crippen LogP contribution in [0.4, 0.5) is 13.6 Å². The molecule has 0 aliphatic rings. The van der Waals surface area contributed by atoms with Gasteiger partial charge in [0.05, 0.1) is 23.5 Å². The van der Waals surface area contributed by atoms with Crippen molar-refractivity contribution in [3.8, 4) is 6.07 Å². The highest BCUT2D eigenvalue weighted by Crippen LogP contribution is 2.18. The molecule has 2 aromatic carbocycles. The first kappa shape index (κ1) is 38.6. The van der Waals surface area contributed by atoms with Crippen LogP contribution in [-0.4, -0.2) is 62.8 Å². The second-order valence-corrected chi connectivity index (χ2v) is 13.5. The number of rotatable bonds is 20. The van der Waals surface area contributed by atoms with Gasteiger partial charge in [-0.15, -0.1) is 0 Å². The number of halogens is 2. The molecule has 0 unspecified atom stereocenters. The molecular weight excluding hydrogens is 618 g/mol. The summed E-state index contributed by atoms with van der Waals surface area (Å²) in [6, 6.07) is 10.1. The number of nitrogens with zero attached hydrogens (tertiary/aromatic N) is 1. The van der Waals surface area contributed by atoms with Crippen LogP contribution >= 0.6 is 0 Å². The van der Waals surface area contributed by atoms with E-state index in [4.69, 9.17) is 20.5 Å². The summed E-state index contributed by atoms with van der Waals surface area (Å²) in [5, 5.41) is 13.5. The lowest BCUT2D eigenvalue weighted by Crippen LogP contribution is -2.52. The van der Waals surface area contributed by atoms with E-state index < -0.39 is 62.7 Å². The van der Waals surface area contributed by atoms with Crippen LogP contribution in [0.5, 0.6) is 0 Å². The monoisotopic (exact) mass is 664 g/mol. The summed E-state index contributed by atoms with van der Waals surface area (Å²) in [7, 11) is -3.89. The van der Waals surface area contributed by atoms with Crippen molar-refractivity contribution in [2.45, 2.75) is 95.7 Å². The molecule has 0 fully saturated rings. The summed E-state index contributed by atoms with van der Waals surface area (Å²) in [5.74, 6) is -3.38. The summed E-state index contributed by atoms with van der Waals surface area (Å²) in [5.41, 5.74) is 8.77. The Labute approximate surface area is 270 Å². The lowest BCUT2D eigenvalue weighted by Gasteiger charge is -2.28. The Morgan fingerprint density at radius 3 is 2.26 bits per heavy atom. The van der Waals surface area contributed by atoms with Crippen LogP contribution in [0.3, 0.4) is 0 Å². The highest BCUT2D eigenvalue weighted by molar-refractivity contribution is 7.92. The molecule has 13 heteroatoms. The second kappa shape index (κ2) is 19.8. The molecule has 0 aromatic heterocycles. The average molecular weight is 665 g/mol. The first-order valence-electron chi connectivity index (χ1n) is 15.6. The van der Waals surface area contributed by atoms with E-state index in [0.717, 1.165) is 35.7 Å². The van der Waals surface area contributed by atoms with Crippen molar-refractivity contribution < 1.29 is 36.3 Å². The zero-order valence-corrected chi connectivity index (χ0v) is 27.6. The SMILES string of the molecule is CCCC(CCC)S(=O)(=O)C[C@@H](NC(=O)OCCC#N)C(=O)O[C@H](CNCc1cccc(CC)c1)[C@@H](N)Cc1cc(F)cc(F)c1. The molecule has 0 aliphatic heterocycles. The van der Waals surface area contributed by atoms with Gasteiger partial charge in [0.25, 0.3) is 0 Å². The highest BCUT2D eigenvalue weighted by Gasteiger charge is 2.35. The molecule has 0 aliphatic carbocycles. The number of hydrogen-bond donors (Lipinski definition) is 3. The predicted molar refractivity (Wildman–Crippen MR) is 171 cm³/mol. The summed E-state index contributed by atoms with van der Waals surface area (Å²) in [6.45, 7) is 5.90. The number of amides is 1. The number of carbonyl (C=O) groups excluding carboxylic acids is 2. The molecule has 3 atom stereocenters. The normalized spacial score (nSPS) is 13.4. The lowest BCUT2D eigenvalue weighted by molar-refractivity contribution is -0.151. The van der Waals surface area contributed by atoms with Gasteiger partial charge in [0.2, 0.25) is 0 Å². The fraction of sp³-hybridized carbons (Fsp3) is 0.545. The van der Waals surface area contributed by atoms with Gasteiger partial charge >= 0.3 is 12.1 Å². The zero-order valence-electron chi connectivity index (χ0n) is 26.8. The molecule has 2 aromatic rings. The zero-order chi connectivity index (χ0) is 34.1. The fourth-order valence-corrected chi connectivity index (χ4v) is 7.17. The van der Waals surface area contributed by atoms with Crippen LogP contribution in [0.15, 0.2) is 42.5 Å². The average Bonchev–Trinajstić information content (AvgIpc) is 2.99. The number of ether oxygens (including phenoxy) is 2. The van der Waals surface area contributed by atoms with Crippen molar-refractivity contribution in [1.29, 1.82) is 5.26 Å². The van der Waals surface area contributed by atoms with Gasteiger partial charge in [-0.3, -0.25) is 0 Å². The van der Waals surface area contributed by atoms with Gasteiger partial charge in [-0.2, -0.15) is 5.26 Å². The van der Waals surface area contributed by atoms with E-state index in [2.05, 4.69) is 10.6 Å². The van der Waals surface area contributed by atoms with Crippen molar-refractivity contribution in [1.82, 2.24) is 10.6 Å². The predicted octanol–water partition coefficient (Wildman–Crippen LogP) is 4.49. The third kappa shape index (κ3) is 13.4. The number of sulfone groups is 1. The van der Waals surface area contributed by atoms with Gasteiger partial charge in [0.15, 0.2) is 9.84 Å². The van der Waals surface area contributed by atoms with Crippen LogP contribution in [0.1, 0.15) is 69.6 Å². The first-order chi connectivity index (χ1) is 21.9. The third-order valence-electron chi connectivity index (χ3n) is 7.36. The molecule has 4 N–H and O–H groups in total. The third-order valence-corrected chi connectivity index (χ3v) is 9.65. The Kier molecular flexibility index (Phi) is 16.6. The summed E-state index contributed by atoms with van der Waals surface area (Å²) in [4.78, 5) is 26.1. The Bertz CT molecular complexity index is 1390. The molecular formula is C33H46F2N4O6S. The number of aryl methyl sites for hydroxylation is 1. The van der Waals surface area contributed by atoms with E-state index in [1.807, 2.05) is 51.1 Å². The van der Waals surface area contributed by atoms with Crippen LogP contribution < -0.4 is 16.4 Å². The molecule has 0 saturated carbocycles. The van der Waals surface area contributed by atoms with Crippen LogP contribution in [-0.2, 0) is 43.5 Å². The van der Waals surface area contributed by atoms with Crippen LogP contribution in [0.2, 0.25) is 0 Å². The van der Waals surface area contributed by atoms with E-state index in [1.54, 1.807) is 0 Å². The summed E-state index contributed by atoms with van der Waals surface area (Å²) in [6.07, 6.45) is 0.479. The number of nitrogens with one attached hydrogen (secondary N) is 2. The summed E-state index contributed by atoms with van der Waals surface area (Å²) >= 11 is 0. The topological polar surface area (TPSA) is 161 Å². The molecule has 254 valence electrons. The Balaban J connectivity index is 2.33. The fourth-order valence-electron chi connectivity index (χ4n) is 5.02. The highest BCUT2D eigenvalue weighted by atomic mass is 32.2. The molecule has 0 bridgehead atoms. The quantitative estimate of drug-likeness (QED) is 0.137. The van der Waals surface area contributed by atoms with E-state index in [0.29, 0.717) is 32.2 Å². The smallest absolute Gasteiger partial charge is 0.407 e. The van der Waals surface area contributed by atoms with E-state index in [9.17, 15) is 26.8 Å². The Morgan fingerprint density at radius 1 is 1.00 bits per heavy atom. The first-order valence-corrected chi connectivity index (χ1v) is 17.3. The van der Waals surface area contributed by atoms with E-state index >= 15 is 0 Å². The van der Waals surface area contributed by atoms with Crippen molar-refractivity contribution in [2.24, 2.45) is 5.73 Å². The molecule has 0 saturated heterocycles. The lowest BCUT2D eigenvalue weighted by atomic mass is 10.0. The van der Waals surface area contributed by atoms with Gasteiger partial charge < -0.3 is 25.8 Å². The van der Waals surface area contributed by atoms with Gasteiger partial charge in [-0.05, 0) is 54.5 Å². The molecule has 10 nitrogen and oxygen atoms in total. The van der Waals surface area contributed by atoms with Crippen molar-refractivity contribution >= 4 is 21.9 Å². The minimum Gasteiger partial charge on any atom is -0.458 e. The number of alkyl carbamates (subject to hydrolysis) is 1. The molecule has 0 spiro atoms. The number of carbonyl (C=O) groups is 2. The molecule has 0 radical (unpaired) electrons. The van der Waals surface area contributed by atoms with Gasteiger partial charge in [0, 0.05) is 25.2 Å². The molecule has 46 heavy (non-hydrogen) atoms. The standard InChI is InChI=1S/C33H46F2N4O6S/c1-4-9-28(10-5-2)46(42,43)22-30(39-33(41)44-14-8-13-36)32(40)45-31(21-38-20-24-12-7-11-23(6-3)15-24)29(37)18-25-16-26(34)19-27(35)17-25/h7,11-12,15-17,19,28-31,38H,4-6,8-10,14,18,20-22,37H2,1-3H3,(H,39,41)/t29-,30+,31+/m0/s1. The van der Waals surface area contributed by atoms with Gasteiger partial charge in [-0.1, -0.05) is 57.9 Å². The van der Waals surface area contributed by atoms with Crippen molar-refractivity contribution in [2.75, 3.05) is 18.9 Å². The number of benzene rings is 2. The number of hydrogen-bond acceptors (Lipinski definition) is 9. The summed E-state index contributed by atoms with van der Waals surface area (Å²) < 4.78 is 65.4. The van der Waals surface area contributed by atoms with Crippen LogP contribution in [0, 0.1) is 23.0 Å². The Morgan fingerprint density at radius 2 is 1.65 bits per heavy atom. The number of nitrogens with two attached hydrogens (primary N) is 1. The molecule has 0 heterocycles. The maximum absolute atomic E-state index is 13.9. The maximum Gasteiger partial charge on any atom is 0.407 e. The van der Waals surface area contributed by atoms with Gasteiger partial charge in [0.1, 0.15) is 30.4 Å². The molecule has 2 rings (SSSR count). The maximum atomic E-state index is 13.9.